The Hall–Kier alpha value is -4.20. The Morgan fingerprint density at radius 3 is 2.53 bits per heavy atom. The van der Waals surface area contributed by atoms with Crippen LogP contribution in [0.3, 0.4) is 0 Å². The number of para-hydroxylation sites is 1. The topological polar surface area (TPSA) is 143 Å². The maximum absolute atomic E-state index is 13.9. The van der Waals surface area contributed by atoms with E-state index in [-0.39, 0.29) is 11.8 Å². The second-order valence-corrected chi connectivity index (χ2v) is 12.2. The number of ether oxygens (including phenoxy) is 3. The first-order valence-electron chi connectivity index (χ1n) is 13.9. The predicted molar refractivity (Wildman–Crippen MR) is 162 cm³/mol. The summed E-state index contributed by atoms with van der Waals surface area (Å²) in [4.78, 5) is 13.2. The number of hydrogen-bond acceptors (Lipinski definition) is 10. The number of methoxy groups -OCH3 is 2. The highest BCUT2D eigenvalue weighted by atomic mass is 32.2. The molecule has 0 radical (unpaired) electrons. The first-order valence-corrected chi connectivity index (χ1v) is 15.5. The second-order valence-electron chi connectivity index (χ2n) is 10.1. The van der Waals surface area contributed by atoms with Crippen molar-refractivity contribution < 1.29 is 22.6 Å². The molecule has 1 aromatic carbocycles. The molecular formula is C30H35N7O5S. The lowest BCUT2D eigenvalue weighted by Gasteiger charge is -2.23. The molecule has 4 aromatic rings. The van der Waals surface area contributed by atoms with Gasteiger partial charge in [0, 0.05) is 43.0 Å². The van der Waals surface area contributed by atoms with Crippen molar-refractivity contribution >= 4 is 21.5 Å². The number of nitrogens with zero attached hydrogens (tertiary/aromatic N) is 6. The SMILES string of the molecule is CCc1cccc(OC)c1-n1c(NS(=O)(=O)[C@@H](C)[C@H](OC)c2ncc(C3=CCOCC3)cn2)nnc1-c1cncc(C)c1. The molecule has 0 aliphatic carbocycles. The number of hydrogen-bond donors (Lipinski definition) is 1. The minimum Gasteiger partial charge on any atom is -0.495 e. The van der Waals surface area contributed by atoms with Crippen LogP contribution in [0, 0.1) is 6.92 Å². The number of nitrogens with one attached hydrogen (secondary N) is 1. The van der Waals surface area contributed by atoms with Gasteiger partial charge in [0.2, 0.25) is 16.0 Å². The molecule has 1 aliphatic rings. The predicted octanol–water partition coefficient (Wildman–Crippen LogP) is 4.32. The molecule has 0 spiro atoms. The first-order chi connectivity index (χ1) is 20.8. The fourth-order valence-corrected chi connectivity index (χ4v) is 6.16. The zero-order valence-corrected chi connectivity index (χ0v) is 25.6. The average Bonchev–Trinajstić information content (AvgIpc) is 3.43. The number of benzene rings is 1. The molecule has 1 aliphatic heterocycles. The van der Waals surface area contributed by atoms with Gasteiger partial charge >= 0.3 is 0 Å². The van der Waals surface area contributed by atoms with Crippen LogP contribution in [0.25, 0.3) is 22.6 Å². The Morgan fingerprint density at radius 2 is 1.88 bits per heavy atom. The van der Waals surface area contributed by atoms with Gasteiger partial charge in [0.1, 0.15) is 17.1 Å². The standard InChI is InChI=1S/C30H35N7O5S/c1-6-21-8-7-9-25(40-4)26(21)37-29(23-14-19(2)15-31-16-23)34-35-30(37)36-43(38,39)20(3)27(41-5)28-32-17-24(18-33-28)22-10-12-42-13-11-22/h7-10,14-18,20,27H,6,11-13H2,1-5H3,(H,35,36)/t20-,27-/m0/s1. The van der Waals surface area contributed by atoms with Gasteiger partial charge in [0.25, 0.3) is 0 Å². The smallest absolute Gasteiger partial charge is 0.243 e. The molecule has 4 heterocycles. The van der Waals surface area contributed by atoms with Crippen molar-refractivity contribution in [3.8, 4) is 22.8 Å². The molecule has 0 fully saturated rings. The molecule has 43 heavy (non-hydrogen) atoms. The highest BCUT2D eigenvalue weighted by Gasteiger charge is 2.35. The third kappa shape index (κ3) is 6.28. The Kier molecular flexibility index (Phi) is 9.14. The fourth-order valence-electron chi connectivity index (χ4n) is 5.03. The number of anilines is 1. The number of sulfonamides is 1. The summed E-state index contributed by atoms with van der Waals surface area (Å²) in [6, 6.07) is 7.56. The van der Waals surface area contributed by atoms with Crippen molar-refractivity contribution in [2.45, 2.75) is 45.0 Å². The summed E-state index contributed by atoms with van der Waals surface area (Å²) in [6.45, 7) is 6.65. The van der Waals surface area contributed by atoms with E-state index in [2.05, 4.69) is 29.9 Å². The van der Waals surface area contributed by atoms with Crippen molar-refractivity contribution in [3.63, 3.8) is 0 Å². The van der Waals surface area contributed by atoms with Crippen LogP contribution < -0.4 is 9.46 Å². The van der Waals surface area contributed by atoms with Gasteiger partial charge in [0.05, 0.1) is 26.0 Å². The lowest BCUT2D eigenvalue weighted by Crippen LogP contribution is -2.33. The highest BCUT2D eigenvalue weighted by molar-refractivity contribution is 7.93. The minimum atomic E-state index is -4.11. The lowest BCUT2D eigenvalue weighted by molar-refractivity contribution is 0.0949. The highest BCUT2D eigenvalue weighted by Crippen LogP contribution is 2.35. The maximum Gasteiger partial charge on any atom is 0.243 e. The summed E-state index contributed by atoms with van der Waals surface area (Å²) in [6.07, 6.45) is 9.22. The molecule has 3 aromatic heterocycles. The van der Waals surface area contributed by atoms with E-state index in [0.717, 1.165) is 28.7 Å². The molecule has 13 heteroatoms. The fraction of sp³-hybridized carbons (Fsp3) is 0.367. The van der Waals surface area contributed by atoms with Gasteiger partial charge in [-0.3, -0.25) is 14.3 Å². The molecule has 0 saturated heterocycles. The minimum absolute atomic E-state index is 0.000120. The number of pyridine rings is 1. The summed E-state index contributed by atoms with van der Waals surface area (Å²) in [5, 5.41) is 7.59. The summed E-state index contributed by atoms with van der Waals surface area (Å²) in [5.74, 6) is 1.20. The van der Waals surface area contributed by atoms with E-state index in [0.29, 0.717) is 42.5 Å². The Bertz CT molecular complexity index is 1700. The Morgan fingerprint density at radius 1 is 1.09 bits per heavy atom. The van der Waals surface area contributed by atoms with Crippen molar-refractivity contribution in [2.24, 2.45) is 0 Å². The van der Waals surface area contributed by atoms with Crippen LogP contribution in [0.4, 0.5) is 5.95 Å². The van der Waals surface area contributed by atoms with Crippen molar-refractivity contribution in [1.82, 2.24) is 29.7 Å². The van der Waals surface area contributed by atoms with E-state index in [1.54, 1.807) is 43.4 Å². The monoisotopic (exact) mass is 605 g/mol. The largest absolute Gasteiger partial charge is 0.495 e. The average molecular weight is 606 g/mol. The van der Waals surface area contributed by atoms with E-state index >= 15 is 0 Å². The zero-order valence-electron chi connectivity index (χ0n) is 24.8. The van der Waals surface area contributed by atoms with Crippen molar-refractivity contribution in [2.75, 3.05) is 32.2 Å². The van der Waals surface area contributed by atoms with Gasteiger partial charge in [-0.25, -0.2) is 18.4 Å². The van der Waals surface area contributed by atoms with Crippen LogP contribution in [0.5, 0.6) is 5.75 Å². The zero-order chi connectivity index (χ0) is 30.6. The van der Waals surface area contributed by atoms with Crippen molar-refractivity contribution in [1.29, 1.82) is 0 Å². The molecule has 0 saturated carbocycles. The van der Waals surface area contributed by atoms with E-state index < -0.39 is 21.4 Å². The Balaban J connectivity index is 1.53. The van der Waals surface area contributed by atoms with E-state index in [9.17, 15) is 8.42 Å². The number of aryl methyl sites for hydroxylation is 2. The van der Waals surface area contributed by atoms with Crippen LogP contribution in [0.15, 0.2) is 55.1 Å². The molecule has 2 atom stereocenters. The quantitative estimate of drug-likeness (QED) is 0.263. The van der Waals surface area contributed by atoms with Gasteiger partial charge in [-0.05, 0) is 55.5 Å². The lowest BCUT2D eigenvalue weighted by atomic mass is 10.1. The van der Waals surface area contributed by atoms with E-state index in [1.807, 2.05) is 44.2 Å². The van der Waals surface area contributed by atoms with Gasteiger partial charge < -0.3 is 14.2 Å². The van der Waals surface area contributed by atoms with Crippen LogP contribution in [0.2, 0.25) is 0 Å². The van der Waals surface area contributed by atoms with Gasteiger partial charge in [-0.1, -0.05) is 25.1 Å². The third-order valence-corrected chi connectivity index (χ3v) is 9.06. The van der Waals surface area contributed by atoms with Crippen LogP contribution in [-0.4, -0.2) is 70.8 Å². The maximum atomic E-state index is 13.9. The van der Waals surface area contributed by atoms with Crippen LogP contribution >= 0.6 is 0 Å². The third-order valence-electron chi connectivity index (χ3n) is 7.37. The summed E-state index contributed by atoms with van der Waals surface area (Å²) < 4.78 is 48.8. The molecule has 0 bridgehead atoms. The number of aromatic nitrogens is 6. The normalized spacial score (nSPS) is 15.0. The van der Waals surface area contributed by atoms with Gasteiger partial charge in [-0.2, -0.15) is 0 Å². The van der Waals surface area contributed by atoms with Crippen LogP contribution in [-0.2, 0) is 25.9 Å². The molecular weight excluding hydrogens is 570 g/mol. The second kappa shape index (κ2) is 13.0. The van der Waals surface area contributed by atoms with E-state index in [4.69, 9.17) is 14.2 Å². The van der Waals surface area contributed by atoms with Gasteiger partial charge in [0.15, 0.2) is 11.6 Å². The van der Waals surface area contributed by atoms with Gasteiger partial charge in [-0.15, -0.1) is 10.2 Å². The van der Waals surface area contributed by atoms with Crippen LogP contribution in [0.1, 0.15) is 48.9 Å². The first kappa shape index (κ1) is 30.3. The Labute approximate surface area is 251 Å². The van der Waals surface area contributed by atoms with Crippen molar-refractivity contribution in [3.05, 3.63) is 77.6 Å². The van der Waals surface area contributed by atoms with E-state index in [1.165, 1.54) is 7.11 Å². The molecule has 1 N–H and O–H groups in total. The molecule has 12 nitrogen and oxygen atoms in total. The molecule has 0 amide bonds. The molecule has 226 valence electrons. The summed E-state index contributed by atoms with van der Waals surface area (Å²) >= 11 is 0. The summed E-state index contributed by atoms with van der Waals surface area (Å²) in [7, 11) is -1.11. The number of rotatable bonds is 11. The molecule has 0 unspecified atom stereocenters. The molecule has 5 rings (SSSR count). The summed E-state index contributed by atoms with van der Waals surface area (Å²) in [5.41, 5.74) is 5.09.